The number of benzene rings is 2. The molecule has 37 heavy (non-hydrogen) atoms. The van der Waals surface area contributed by atoms with Crippen molar-refractivity contribution in [2.45, 2.75) is 49.4 Å². The number of hydrogen-bond donors (Lipinski definition) is 1. The molecule has 196 valence electrons. The van der Waals surface area contributed by atoms with E-state index in [1.54, 1.807) is 24.5 Å². The molecule has 4 nitrogen and oxygen atoms in total. The summed E-state index contributed by atoms with van der Waals surface area (Å²) >= 11 is 0. The number of rotatable bonds is 4. The third kappa shape index (κ3) is 4.68. The fourth-order valence-corrected chi connectivity index (χ4v) is 5.11. The van der Waals surface area contributed by atoms with Crippen LogP contribution in [0.1, 0.15) is 29.5 Å². The number of fused-ring (bicyclic) bond motifs is 1. The number of pyridine rings is 1. The van der Waals surface area contributed by atoms with Gasteiger partial charge in [0.15, 0.2) is 0 Å². The van der Waals surface area contributed by atoms with Crippen LogP contribution >= 0.6 is 0 Å². The number of halogens is 6. The summed E-state index contributed by atoms with van der Waals surface area (Å²) < 4.78 is 84.9. The summed E-state index contributed by atoms with van der Waals surface area (Å²) in [5, 5.41) is 9.56. The van der Waals surface area contributed by atoms with E-state index in [-0.39, 0.29) is 5.60 Å². The Morgan fingerprint density at radius 3 is 1.95 bits per heavy atom. The second-order valence-electron chi connectivity index (χ2n) is 9.70. The summed E-state index contributed by atoms with van der Waals surface area (Å²) in [4.78, 5) is 6.46. The van der Waals surface area contributed by atoms with Gasteiger partial charge in [0.1, 0.15) is 11.4 Å². The second kappa shape index (κ2) is 9.02. The van der Waals surface area contributed by atoms with E-state index in [0.29, 0.717) is 29.8 Å². The van der Waals surface area contributed by atoms with Gasteiger partial charge in [-0.25, -0.2) is 0 Å². The Hall–Kier alpha value is -3.11. The topological polar surface area (TPSA) is 45.6 Å². The van der Waals surface area contributed by atoms with Gasteiger partial charge >= 0.3 is 12.4 Å². The molecule has 0 bridgehead atoms. The first-order chi connectivity index (χ1) is 17.4. The zero-order valence-electron chi connectivity index (χ0n) is 19.6. The molecule has 0 saturated carbocycles. The molecule has 1 spiro atoms. The highest BCUT2D eigenvalue weighted by Crippen LogP contribution is 2.50. The Balaban J connectivity index is 1.22. The van der Waals surface area contributed by atoms with Crippen molar-refractivity contribution in [3.05, 3.63) is 83.7 Å². The summed E-state index contributed by atoms with van der Waals surface area (Å²) in [5.41, 5.74) is -3.08. The minimum Gasteiger partial charge on any atom is -0.485 e. The number of alkyl halides is 6. The van der Waals surface area contributed by atoms with E-state index < -0.39 is 23.5 Å². The molecule has 1 N–H and O–H groups in total. The zero-order valence-corrected chi connectivity index (χ0v) is 19.6. The van der Waals surface area contributed by atoms with Crippen LogP contribution < -0.4 is 4.74 Å². The molecule has 0 atom stereocenters. The first-order valence-corrected chi connectivity index (χ1v) is 11.8. The Labute approximate surface area is 209 Å². The van der Waals surface area contributed by atoms with Crippen molar-refractivity contribution in [2.24, 2.45) is 0 Å². The molecule has 0 radical (unpaired) electrons. The fraction of sp³-hybridized carbons (Fsp3) is 0.370. The van der Waals surface area contributed by atoms with Gasteiger partial charge in [0.2, 0.25) is 0 Å². The van der Waals surface area contributed by atoms with Gasteiger partial charge in [0.25, 0.3) is 5.60 Å². The van der Waals surface area contributed by atoms with Crippen molar-refractivity contribution in [1.29, 1.82) is 0 Å². The van der Waals surface area contributed by atoms with Crippen LogP contribution in [0.3, 0.4) is 0 Å². The maximum Gasteiger partial charge on any atom is 0.430 e. The molecule has 1 fully saturated rings. The molecular weight excluding hydrogens is 498 g/mol. The van der Waals surface area contributed by atoms with Crippen LogP contribution in [-0.4, -0.2) is 46.0 Å². The molecule has 1 aromatic heterocycles. The van der Waals surface area contributed by atoms with Crippen molar-refractivity contribution < 1.29 is 36.2 Å². The van der Waals surface area contributed by atoms with Crippen LogP contribution in [0.25, 0.3) is 11.1 Å². The van der Waals surface area contributed by atoms with Crippen LogP contribution in [0.2, 0.25) is 0 Å². The molecule has 2 aliphatic heterocycles. The molecule has 2 aliphatic rings. The van der Waals surface area contributed by atoms with Gasteiger partial charge in [-0.1, -0.05) is 48.5 Å². The maximum absolute atomic E-state index is 13.1. The highest BCUT2D eigenvalue weighted by molar-refractivity contribution is 5.64. The summed E-state index contributed by atoms with van der Waals surface area (Å²) in [6.45, 7) is 2.45. The van der Waals surface area contributed by atoms with Crippen molar-refractivity contribution >= 4 is 0 Å². The van der Waals surface area contributed by atoms with E-state index in [9.17, 15) is 31.4 Å². The monoisotopic (exact) mass is 522 g/mol. The summed E-state index contributed by atoms with van der Waals surface area (Å²) in [6.07, 6.45) is -5.60. The maximum atomic E-state index is 13.1. The molecule has 3 aromatic rings. The van der Waals surface area contributed by atoms with Crippen molar-refractivity contribution in [3.8, 4) is 16.9 Å². The highest BCUT2D eigenvalue weighted by atomic mass is 19.4. The Morgan fingerprint density at radius 1 is 0.838 bits per heavy atom. The predicted molar refractivity (Wildman–Crippen MR) is 124 cm³/mol. The number of aromatic nitrogens is 1. The lowest BCUT2D eigenvalue weighted by Crippen LogP contribution is -2.53. The van der Waals surface area contributed by atoms with E-state index >= 15 is 0 Å². The molecule has 0 aliphatic carbocycles. The molecular formula is C27H24F6N2O2. The quantitative estimate of drug-likeness (QED) is 0.425. The van der Waals surface area contributed by atoms with Gasteiger partial charge in [0, 0.05) is 56.2 Å². The molecule has 5 rings (SSSR count). The highest BCUT2D eigenvalue weighted by Gasteiger charge is 2.71. The van der Waals surface area contributed by atoms with Gasteiger partial charge < -0.3 is 9.84 Å². The second-order valence-corrected chi connectivity index (χ2v) is 9.70. The number of hydrogen-bond acceptors (Lipinski definition) is 4. The van der Waals surface area contributed by atoms with Crippen LogP contribution in [0.15, 0.2) is 67.0 Å². The molecule has 0 amide bonds. The Kier molecular flexibility index (Phi) is 6.23. The van der Waals surface area contributed by atoms with Crippen LogP contribution in [0.5, 0.6) is 5.75 Å². The van der Waals surface area contributed by atoms with Crippen molar-refractivity contribution in [2.75, 3.05) is 13.1 Å². The van der Waals surface area contributed by atoms with Gasteiger partial charge in [-0.3, -0.25) is 9.88 Å². The van der Waals surface area contributed by atoms with Crippen LogP contribution in [0.4, 0.5) is 26.3 Å². The van der Waals surface area contributed by atoms with Gasteiger partial charge in [-0.05, 0) is 22.8 Å². The van der Waals surface area contributed by atoms with Gasteiger partial charge in [0.05, 0.1) is 6.20 Å². The average Bonchev–Trinajstić information content (AvgIpc) is 3.22. The fourth-order valence-electron chi connectivity index (χ4n) is 5.11. The summed E-state index contributed by atoms with van der Waals surface area (Å²) in [5.74, 6) is 0.862. The van der Waals surface area contributed by atoms with Gasteiger partial charge in [-0.2, -0.15) is 26.3 Å². The molecule has 0 unspecified atom stereocenters. The number of likely N-dealkylation sites (tertiary alicyclic amines) is 1. The number of nitrogens with zero attached hydrogens (tertiary/aromatic N) is 2. The van der Waals surface area contributed by atoms with E-state index in [1.807, 2.05) is 18.2 Å². The standard InChI is InChI=1S/C27H24F6N2O2/c28-26(29,30)25(36,27(31,32)33)22-7-5-20(6-8-22)19-3-1-18(2-4-19)17-35-13-10-24(11-14-35)15-21-9-12-34-16-23(21)37-24/h1-9,12,16,36H,10-11,13-15,17H2. The minimum atomic E-state index is -5.91. The SMILES string of the molecule is OC(c1ccc(-c2ccc(CN3CCC4(CC3)Cc3ccncc3O4)cc2)cc1)(C(F)(F)F)C(F)(F)F. The summed E-state index contributed by atoms with van der Waals surface area (Å²) in [6, 6.07) is 12.9. The van der Waals surface area contributed by atoms with E-state index in [4.69, 9.17) is 4.74 Å². The minimum absolute atomic E-state index is 0.178. The molecule has 3 heterocycles. The third-order valence-electron chi connectivity index (χ3n) is 7.29. The number of piperidine rings is 1. The van der Waals surface area contributed by atoms with Crippen molar-refractivity contribution in [1.82, 2.24) is 9.88 Å². The molecule has 2 aromatic carbocycles. The number of aliphatic hydroxyl groups is 1. The zero-order chi connectivity index (χ0) is 26.5. The smallest absolute Gasteiger partial charge is 0.430 e. The lowest BCUT2D eigenvalue weighted by molar-refractivity contribution is -0.376. The Bertz CT molecular complexity index is 1210. The summed E-state index contributed by atoms with van der Waals surface area (Å²) in [7, 11) is 0. The number of ether oxygens (including phenoxy) is 1. The van der Waals surface area contributed by atoms with Crippen molar-refractivity contribution in [3.63, 3.8) is 0 Å². The van der Waals surface area contributed by atoms with Gasteiger partial charge in [-0.15, -0.1) is 0 Å². The first kappa shape index (κ1) is 25.5. The van der Waals surface area contributed by atoms with E-state index in [1.165, 1.54) is 5.56 Å². The average molecular weight is 522 g/mol. The third-order valence-corrected chi connectivity index (χ3v) is 7.29. The Morgan fingerprint density at radius 2 is 1.41 bits per heavy atom. The predicted octanol–water partition coefficient (Wildman–Crippen LogP) is 6.03. The van der Waals surface area contributed by atoms with Crippen LogP contribution in [0, 0.1) is 0 Å². The molecule has 10 heteroatoms. The normalized spacial score (nSPS) is 18.0. The first-order valence-electron chi connectivity index (χ1n) is 11.8. The van der Waals surface area contributed by atoms with E-state index in [2.05, 4.69) is 9.88 Å². The lowest BCUT2D eigenvalue weighted by atomic mass is 9.87. The van der Waals surface area contributed by atoms with Crippen LogP contribution in [-0.2, 0) is 18.6 Å². The lowest BCUT2D eigenvalue weighted by Gasteiger charge is -2.38. The molecule has 1 saturated heterocycles. The largest absolute Gasteiger partial charge is 0.485 e. The van der Waals surface area contributed by atoms with E-state index in [0.717, 1.165) is 55.8 Å².